The quantitative estimate of drug-likeness (QED) is 0.767. The van der Waals surface area contributed by atoms with E-state index >= 15 is 0 Å². The van der Waals surface area contributed by atoms with E-state index in [-0.39, 0.29) is 16.6 Å². The molecule has 0 radical (unpaired) electrons. The van der Waals surface area contributed by atoms with E-state index in [2.05, 4.69) is 10.3 Å². The number of para-hydroxylation sites is 1. The number of fused-ring (bicyclic) bond motifs is 1. The van der Waals surface area contributed by atoms with Gasteiger partial charge in [-0.05, 0) is 30.3 Å². The van der Waals surface area contributed by atoms with Crippen LogP contribution in [0.5, 0.6) is 0 Å². The van der Waals surface area contributed by atoms with Crippen molar-refractivity contribution < 1.29 is 9.18 Å². The highest BCUT2D eigenvalue weighted by Gasteiger charge is 2.09. The van der Waals surface area contributed by atoms with Gasteiger partial charge in [-0.2, -0.15) is 0 Å². The zero-order valence-corrected chi connectivity index (χ0v) is 11.6. The van der Waals surface area contributed by atoms with Crippen molar-refractivity contribution in [2.75, 3.05) is 5.32 Å². The number of amides is 1. The second kappa shape index (κ2) is 5.50. The molecule has 0 aliphatic heterocycles. The van der Waals surface area contributed by atoms with E-state index in [1.807, 2.05) is 30.3 Å². The Balaban J connectivity index is 1.87. The molecule has 0 unspecified atom stereocenters. The number of halogens is 2. The monoisotopic (exact) mass is 300 g/mol. The van der Waals surface area contributed by atoms with Crippen molar-refractivity contribution in [2.45, 2.75) is 0 Å². The minimum atomic E-state index is -0.529. The fourth-order valence-corrected chi connectivity index (χ4v) is 2.14. The maximum Gasteiger partial charge on any atom is 0.274 e. The zero-order valence-electron chi connectivity index (χ0n) is 10.8. The molecule has 0 fully saturated rings. The van der Waals surface area contributed by atoms with E-state index in [9.17, 15) is 9.18 Å². The third kappa shape index (κ3) is 2.85. The molecule has 3 rings (SSSR count). The first kappa shape index (κ1) is 13.5. The van der Waals surface area contributed by atoms with E-state index in [0.29, 0.717) is 5.69 Å². The summed E-state index contributed by atoms with van der Waals surface area (Å²) in [6, 6.07) is 15.0. The minimum Gasteiger partial charge on any atom is -0.321 e. The Morgan fingerprint density at radius 1 is 1.10 bits per heavy atom. The van der Waals surface area contributed by atoms with Gasteiger partial charge < -0.3 is 5.32 Å². The number of rotatable bonds is 2. The predicted molar refractivity (Wildman–Crippen MR) is 81.1 cm³/mol. The molecule has 21 heavy (non-hydrogen) atoms. The molecule has 1 aromatic heterocycles. The summed E-state index contributed by atoms with van der Waals surface area (Å²) in [4.78, 5) is 16.4. The molecule has 1 amide bonds. The molecule has 1 heterocycles. The van der Waals surface area contributed by atoms with E-state index in [1.165, 1.54) is 18.2 Å². The van der Waals surface area contributed by atoms with Crippen molar-refractivity contribution in [3.63, 3.8) is 0 Å². The molecule has 3 nitrogen and oxygen atoms in total. The lowest BCUT2D eigenvalue weighted by atomic mass is 10.2. The van der Waals surface area contributed by atoms with Crippen LogP contribution in [0.15, 0.2) is 54.6 Å². The second-order valence-corrected chi connectivity index (χ2v) is 4.88. The van der Waals surface area contributed by atoms with Crippen LogP contribution in [0.2, 0.25) is 5.02 Å². The van der Waals surface area contributed by atoms with Gasteiger partial charge in [0.25, 0.3) is 5.91 Å². The number of anilines is 1. The van der Waals surface area contributed by atoms with Gasteiger partial charge in [-0.15, -0.1) is 0 Å². The summed E-state index contributed by atoms with van der Waals surface area (Å²) in [5.41, 5.74) is 1.44. The highest BCUT2D eigenvalue weighted by atomic mass is 35.5. The first-order chi connectivity index (χ1) is 10.1. The molecular weight excluding hydrogens is 291 g/mol. The van der Waals surface area contributed by atoms with Crippen molar-refractivity contribution in [3.05, 3.63) is 71.1 Å². The fraction of sp³-hybridized carbons (Fsp3) is 0. The van der Waals surface area contributed by atoms with Crippen LogP contribution in [-0.2, 0) is 0 Å². The molecule has 5 heteroatoms. The van der Waals surface area contributed by atoms with Crippen LogP contribution in [0.4, 0.5) is 10.1 Å². The maximum absolute atomic E-state index is 13.1. The van der Waals surface area contributed by atoms with Crippen LogP contribution in [0.25, 0.3) is 10.9 Å². The number of nitrogens with one attached hydrogen (secondary N) is 1. The molecule has 0 saturated carbocycles. The first-order valence-corrected chi connectivity index (χ1v) is 6.63. The van der Waals surface area contributed by atoms with Crippen molar-refractivity contribution in [1.82, 2.24) is 4.98 Å². The SMILES string of the molecule is O=C(Nc1ccc(F)c(Cl)c1)c1ccc2ccccc2n1. The second-order valence-electron chi connectivity index (χ2n) is 4.47. The van der Waals surface area contributed by atoms with Gasteiger partial charge in [-0.25, -0.2) is 9.37 Å². The number of benzene rings is 2. The van der Waals surface area contributed by atoms with Gasteiger partial charge in [-0.1, -0.05) is 35.9 Å². The van der Waals surface area contributed by atoms with Crippen molar-refractivity contribution in [1.29, 1.82) is 0 Å². The summed E-state index contributed by atoms with van der Waals surface area (Å²) in [6.07, 6.45) is 0. The van der Waals surface area contributed by atoms with Gasteiger partial charge in [0.15, 0.2) is 0 Å². The zero-order chi connectivity index (χ0) is 14.8. The molecule has 0 atom stereocenters. The van der Waals surface area contributed by atoms with Gasteiger partial charge in [0.2, 0.25) is 0 Å². The van der Waals surface area contributed by atoms with Gasteiger partial charge >= 0.3 is 0 Å². The number of nitrogens with zero attached hydrogens (tertiary/aromatic N) is 1. The van der Waals surface area contributed by atoms with E-state index in [0.717, 1.165) is 10.9 Å². The number of aromatic nitrogens is 1. The van der Waals surface area contributed by atoms with E-state index < -0.39 is 5.82 Å². The number of carbonyl (C=O) groups is 1. The fourth-order valence-electron chi connectivity index (χ4n) is 1.96. The largest absolute Gasteiger partial charge is 0.321 e. The van der Waals surface area contributed by atoms with Gasteiger partial charge in [-0.3, -0.25) is 4.79 Å². The van der Waals surface area contributed by atoms with Crippen LogP contribution in [0, 0.1) is 5.82 Å². The highest BCUT2D eigenvalue weighted by molar-refractivity contribution is 6.31. The molecule has 0 bridgehead atoms. The Bertz CT molecular complexity index is 835. The Kier molecular flexibility index (Phi) is 3.54. The molecule has 2 aromatic carbocycles. The topological polar surface area (TPSA) is 42.0 Å². The molecular formula is C16H10ClFN2O. The third-order valence-corrected chi connectivity index (χ3v) is 3.30. The molecule has 0 saturated heterocycles. The molecule has 0 aliphatic carbocycles. The Morgan fingerprint density at radius 2 is 1.90 bits per heavy atom. The lowest BCUT2D eigenvalue weighted by Gasteiger charge is -2.06. The summed E-state index contributed by atoms with van der Waals surface area (Å²) in [6.45, 7) is 0. The third-order valence-electron chi connectivity index (χ3n) is 3.01. The Labute approximate surface area is 125 Å². The summed E-state index contributed by atoms with van der Waals surface area (Å²) in [5.74, 6) is -0.901. The summed E-state index contributed by atoms with van der Waals surface area (Å²) in [7, 11) is 0. The molecule has 1 N–H and O–H groups in total. The first-order valence-electron chi connectivity index (χ1n) is 6.26. The summed E-state index contributed by atoms with van der Waals surface area (Å²) >= 11 is 5.68. The van der Waals surface area contributed by atoms with Gasteiger partial charge in [0.1, 0.15) is 11.5 Å². The normalized spacial score (nSPS) is 10.6. The van der Waals surface area contributed by atoms with Crippen LogP contribution in [-0.4, -0.2) is 10.9 Å². The molecule has 104 valence electrons. The number of carbonyl (C=O) groups excluding carboxylic acids is 1. The van der Waals surface area contributed by atoms with Crippen LogP contribution >= 0.6 is 11.6 Å². The Hall–Kier alpha value is -2.46. The number of hydrogen-bond donors (Lipinski definition) is 1. The van der Waals surface area contributed by atoms with Crippen molar-refractivity contribution in [3.8, 4) is 0 Å². The molecule has 0 aliphatic rings. The Morgan fingerprint density at radius 3 is 2.71 bits per heavy atom. The van der Waals surface area contributed by atoms with Gasteiger partial charge in [0, 0.05) is 11.1 Å². The summed E-state index contributed by atoms with van der Waals surface area (Å²) in [5, 5.41) is 3.55. The van der Waals surface area contributed by atoms with Crippen molar-refractivity contribution in [2.24, 2.45) is 0 Å². The number of hydrogen-bond acceptors (Lipinski definition) is 2. The minimum absolute atomic E-state index is 0.0423. The highest BCUT2D eigenvalue weighted by Crippen LogP contribution is 2.20. The smallest absolute Gasteiger partial charge is 0.274 e. The lowest BCUT2D eigenvalue weighted by molar-refractivity contribution is 0.102. The van der Waals surface area contributed by atoms with E-state index in [1.54, 1.807) is 6.07 Å². The maximum atomic E-state index is 13.1. The predicted octanol–water partition coefficient (Wildman–Crippen LogP) is 4.28. The van der Waals surface area contributed by atoms with Crippen molar-refractivity contribution >= 4 is 34.1 Å². The number of pyridine rings is 1. The van der Waals surface area contributed by atoms with Crippen LogP contribution < -0.4 is 5.32 Å². The van der Waals surface area contributed by atoms with E-state index in [4.69, 9.17) is 11.6 Å². The average molecular weight is 301 g/mol. The van der Waals surface area contributed by atoms with Gasteiger partial charge in [0.05, 0.1) is 10.5 Å². The lowest BCUT2D eigenvalue weighted by Crippen LogP contribution is -2.13. The summed E-state index contributed by atoms with van der Waals surface area (Å²) < 4.78 is 13.1. The van der Waals surface area contributed by atoms with Crippen LogP contribution in [0.3, 0.4) is 0 Å². The standard InChI is InChI=1S/C16H10ClFN2O/c17-12-9-11(6-7-13(12)18)19-16(21)15-8-5-10-3-1-2-4-14(10)20-15/h1-9H,(H,19,21). The molecule has 3 aromatic rings. The average Bonchev–Trinajstić information content (AvgIpc) is 2.50. The van der Waals surface area contributed by atoms with Crippen LogP contribution in [0.1, 0.15) is 10.5 Å². The molecule has 0 spiro atoms.